The van der Waals surface area contributed by atoms with Gasteiger partial charge < -0.3 is 10.4 Å². The Labute approximate surface area is 104 Å². The number of nitrogens with zero attached hydrogens (tertiary/aromatic N) is 2. The van der Waals surface area contributed by atoms with Gasteiger partial charge in [-0.2, -0.15) is 5.10 Å². The van der Waals surface area contributed by atoms with Gasteiger partial charge in [0.1, 0.15) is 0 Å². The minimum atomic E-state index is -0.241. The van der Waals surface area contributed by atoms with E-state index in [0.717, 1.165) is 26.1 Å². The minimum absolute atomic E-state index is 0.120. The van der Waals surface area contributed by atoms with Gasteiger partial charge in [0.25, 0.3) is 0 Å². The van der Waals surface area contributed by atoms with Gasteiger partial charge in [0.05, 0.1) is 12.3 Å². The third-order valence-electron chi connectivity index (χ3n) is 2.79. The first-order chi connectivity index (χ1) is 7.93. The van der Waals surface area contributed by atoms with Gasteiger partial charge in [0.15, 0.2) is 0 Å². The molecular weight excluding hydrogens is 214 g/mol. The van der Waals surface area contributed by atoms with Gasteiger partial charge in [0.2, 0.25) is 0 Å². The van der Waals surface area contributed by atoms with Crippen molar-refractivity contribution in [1.29, 1.82) is 0 Å². The lowest BCUT2D eigenvalue weighted by molar-refractivity contribution is 0.128. The molecule has 1 aromatic heterocycles. The second kappa shape index (κ2) is 6.17. The number of aliphatic hydroxyl groups excluding tert-OH is 1. The van der Waals surface area contributed by atoms with Gasteiger partial charge in [-0.05, 0) is 25.7 Å². The number of aryl methyl sites for hydroxylation is 1. The van der Waals surface area contributed by atoms with Crippen molar-refractivity contribution in [2.75, 3.05) is 6.54 Å². The Morgan fingerprint density at radius 1 is 1.53 bits per heavy atom. The Morgan fingerprint density at radius 2 is 2.24 bits per heavy atom. The number of rotatable bonds is 7. The molecule has 2 N–H and O–H groups in total. The summed E-state index contributed by atoms with van der Waals surface area (Å²) in [6, 6.07) is 0. The van der Waals surface area contributed by atoms with Gasteiger partial charge in [-0.15, -0.1) is 0 Å². The fraction of sp³-hybridized carbons (Fsp3) is 0.769. The second-order valence-corrected chi connectivity index (χ2v) is 5.53. The van der Waals surface area contributed by atoms with Crippen LogP contribution in [-0.4, -0.2) is 27.5 Å². The summed E-state index contributed by atoms with van der Waals surface area (Å²) in [6.45, 7) is 10.9. The Bertz CT molecular complexity index is 331. The normalized spacial score (nSPS) is 13.9. The molecule has 17 heavy (non-hydrogen) atoms. The Hall–Kier alpha value is -0.870. The number of hydrogen-bond acceptors (Lipinski definition) is 3. The van der Waals surface area contributed by atoms with Gasteiger partial charge in [-0.1, -0.05) is 13.8 Å². The van der Waals surface area contributed by atoms with Crippen LogP contribution >= 0.6 is 0 Å². The van der Waals surface area contributed by atoms with Gasteiger partial charge in [-0.25, -0.2) is 0 Å². The summed E-state index contributed by atoms with van der Waals surface area (Å²) >= 11 is 0. The largest absolute Gasteiger partial charge is 0.393 e. The molecule has 1 unspecified atom stereocenters. The highest BCUT2D eigenvalue weighted by Gasteiger charge is 2.19. The molecule has 0 radical (unpaired) electrons. The number of nitrogens with one attached hydrogen (secondary N) is 1. The molecule has 98 valence electrons. The van der Waals surface area contributed by atoms with E-state index in [2.05, 4.69) is 37.4 Å². The molecule has 0 aliphatic rings. The summed E-state index contributed by atoms with van der Waals surface area (Å²) in [7, 11) is 0. The van der Waals surface area contributed by atoms with E-state index in [1.54, 1.807) is 0 Å². The Kier molecular flexibility index (Phi) is 5.15. The van der Waals surface area contributed by atoms with Crippen LogP contribution in [0.2, 0.25) is 0 Å². The van der Waals surface area contributed by atoms with Crippen LogP contribution in [0.5, 0.6) is 0 Å². The smallest absolute Gasteiger partial charge is 0.0534 e. The molecule has 0 aromatic carbocycles. The molecule has 1 rings (SSSR count). The molecule has 0 saturated carbocycles. The van der Waals surface area contributed by atoms with Crippen LogP contribution in [0.3, 0.4) is 0 Å². The summed E-state index contributed by atoms with van der Waals surface area (Å²) in [4.78, 5) is 0. The zero-order chi connectivity index (χ0) is 12.9. The Morgan fingerprint density at radius 3 is 2.76 bits per heavy atom. The van der Waals surface area contributed by atoms with E-state index in [-0.39, 0.29) is 11.5 Å². The van der Waals surface area contributed by atoms with Crippen molar-refractivity contribution in [2.45, 2.75) is 53.3 Å². The van der Waals surface area contributed by atoms with Crippen molar-refractivity contribution in [1.82, 2.24) is 15.1 Å². The van der Waals surface area contributed by atoms with Crippen LogP contribution in [0.4, 0.5) is 0 Å². The highest BCUT2D eigenvalue weighted by Crippen LogP contribution is 2.21. The lowest BCUT2D eigenvalue weighted by Crippen LogP contribution is -2.31. The van der Waals surface area contributed by atoms with Gasteiger partial charge >= 0.3 is 0 Å². The summed E-state index contributed by atoms with van der Waals surface area (Å²) in [5.74, 6) is 0. The molecule has 1 heterocycles. The molecule has 0 aliphatic carbocycles. The molecule has 0 amide bonds. The third-order valence-corrected chi connectivity index (χ3v) is 2.79. The first kappa shape index (κ1) is 14.2. The zero-order valence-corrected chi connectivity index (χ0v) is 11.4. The highest BCUT2D eigenvalue weighted by molar-refractivity contribution is 5.03. The fourth-order valence-electron chi connectivity index (χ4n) is 2.09. The molecule has 4 heteroatoms. The van der Waals surface area contributed by atoms with Crippen molar-refractivity contribution >= 4 is 0 Å². The Balaban J connectivity index is 2.31. The quantitative estimate of drug-likeness (QED) is 0.762. The summed E-state index contributed by atoms with van der Waals surface area (Å²) in [5.41, 5.74) is 1.33. The fourth-order valence-corrected chi connectivity index (χ4v) is 2.09. The minimum Gasteiger partial charge on any atom is -0.393 e. The average molecular weight is 239 g/mol. The van der Waals surface area contributed by atoms with Gasteiger partial charge in [0, 0.05) is 31.4 Å². The molecular formula is C13H25N3O. The van der Waals surface area contributed by atoms with E-state index in [1.165, 1.54) is 5.56 Å². The number of aromatic nitrogens is 2. The summed E-state index contributed by atoms with van der Waals surface area (Å²) in [5, 5.41) is 17.1. The van der Waals surface area contributed by atoms with Gasteiger partial charge in [-0.3, -0.25) is 4.68 Å². The van der Waals surface area contributed by atoms with Crippen LogP contribution in [0.25, 0.3) is 0 Å². The molecule has 0 bridgehead atoms. The van der Waals surface area contributed by atoms with E-state index in [9.17, 15) is 5.11 Å². The van der Waals surface area contributed by atoms with E-state index >= 15 is 0 Å². The van der Waals surface area contributed by atoms with E-state index in [1.807, 2.05) is 17.8 Å². The van der Waals surface area contributed by atoms with Crippen LogP contribution in [0.1, 0.15) is 39.7 Å². The number of hydrogen-bond donors (Lipinski definition) is 2. The molecule has 1 aromatic rings. The summed E-state index contributed by atoms with van der Waals surface area (Å²) < 4.78 is 1.93. The monoisotopic (exact) mass is 239 g/mol. The van der Waals surface area contributed by atoms with E-state index in [0.29, 0.717) is 0 Å². The maximum absolute atomic E-state index is 9.40. The SMILES string of the molecule is CCn1cc(CNCC(C)(C)CC(C)O)cn1. The van der Waals surface area contributed by atoms with Crippen molar-refractivity contribution in [3.63, 3.8) is 0 Å². The highest BCUT2D eigenvalue weighted by atomic mass is 16.3. The summed E-state index contributed by atoms with van der Waals surface area (Å²) in [6.07, 6.45) is 4.54. The van der Waals surface area contributed by atoms with Crippen molar-refractivity contribution in [3.8, 4) is 0 Å². The van der Waals surface area contributed by atoms with Crippen LogP contribution in [0.15, 0.2) is 12.4 Å². The molecule has 0 fully saturated rings. The zero-order valence-electron chi connectivity index (χ0n) is 11.4. The van der Waals surface area contributed by atoms with Crippen molar-refractivity contribution in [3.05, 3.63) is 18.0 Å². The van der Waals surface area contributed by atoms with Crippen molar-refractivity contribution in [2.24, 2.45) is 5.41 Å². The lowest BCUT2D eigenvalue weighted by Gasteiger charge is -2.26. The first-order valence-corrected chi connectivity index (χ1v) is 6.33. The molecule has 1 atom stereocenters. The van der Waals surface area contributed by atoms with Crippen molar-refractivity contribution < 1.29 is 5.11 Å². The maximum Gasteiger partial charge on any atom is 0.0534 e. The van der Waals surface area contributed by atoms with Crippen LogP contribution < -0.4 is 5.32 Å². The molecule has 0 aliphatic heterocycles. The lowest BCUT2D eigenvalue weighted by atomic mass is 9.87. The topological polar surface area (TPSA) is 50.1 Å². The van der Waals surface area contributed by atoms with E-state index in [4.69, 9.17) is 0 Å². The predicted molar refractivity (Wildman–Crippen MR) is 69.7 cm³/mol. The first-order valence-electron chi connectivity index (χ1n) is 6.33. The molecule has 4 nitrogen and oxygen atoms in total. The average Bonchev–Trinajstić information content (AvgIpc) is 2.63. The molecule has 0 spiro atoms. The third kappa shape index (κ3) is 5.33. The standard InChI is InChI=1S/C13H25N3O/c1-5-16-9-12(8-15-16)7-14-10-13(3,4)6-11(2)17/h8-9,11,14,17H,5-7,10H2,1-4H3. The molecule has 0 saturated heterocycles. The van der Waals surface area contributed by atoms with E-state index < -0.39 is 0 Å². The second-order valence-electron chi connectivity index (χ2n) is 5.53. The van der Waals surface area contributed by atoms with Crippen LogP contribution in [-0.2, 0) is 13.1 Å². The van der Waals surface area contributed by atoms with Crippen LogP contribution in [0, 0.1) is 5.41 Å². The number of aliphatic hydroxyl groups is 1. The maximum atomic E-state index is 9.40. The predicted octanol–water partition coefficient (Wildman–Crippen LogP) is 1.79.